The highest BCUT2D eigenvalue weighted by Gasteiger charge is 2.28. The van der Waals surface area contributed by atoms with Gasteiger partial charge in [-0.1, -0.05) is 146 Å². The lowest BCUT2D eigenvalue weighted by Crippen LogP contribution is -2.04. The zero-order valence-electron chi connectivity index (χ0n) is 30.7. The SMILES string of the molecule is c1ccc2c(c1)Cc1cc(-c3nc(-n4c5ccc6ccccc6c5c5c6ccccc6c6c(c7cccc8c9ccccc9n6c87)c54)nc4ccccc34)ccc1-2. The molecule has 4 heterocycles. The number of hydrogen-bond donors (Lipinski definition) is 0. The molecule has 0 atom stereocenters. The van der Waals surface area contributed by atoms with E-state index in [4.69, 9.17) is 9.97 Å². The van der Waals surface area contributed by atoms with Crippen LogP contribution in [0, 0.1) is 0 Å². The Hall–Kier alpha value is -7.56. The van der Waals surface area contributed by atoms with Crippen LogP contribution in [-0.4, -0.2) is 18.9 Å². The molecule has 4 heteroatoms. The van der Waals surface area contributed by atoms with Crippen LogP contribution in [0.4, 0.5) is 0 Å². The highest BCUT2D eigenvalue weighted by molar-refractivity contribution is 6.41. The van der Waals surface area contributed by atoms with Crippen molar-refractivity contribution in [2.24, 2.45) is 0 Å². The van der Waals surface area contributed by atoms with Crippen LogP contribution in [0.2, 0.25) is 0 Å². The zero-order chi connectivity index (χ0) is 36.9. The molecule has 0 fully saturated rings. The van der Waals surface area contributed by atoms with Crippen molar-refractivity contribution in [3.05, 3.63) is 181 Å². The summed E-state index contributed by atoms with van der Waals surface area (Å²) in [6.07, 6.45) is 0.926. The van der Waals surface area contributed by atoms with Crippen molar-refractivity contribution in [2.75, 3.05) is 0 Å². The van der Waals surface area contributed by atoms with E-state index in [1.807, 2.05) is 0 Å². The van der Waals surface area contributed by atoms with Crippen LogP contribution in [0.5, 0.6) is 0 Å². The summed E-state index contributed by atoms with van der Waals surface area (Å²) in [5.74, 6) is 0.675. The predicted octanol–water partition coefficient (Wildman–Crippen LogP) is 13.4. The van der Waals surface area contributed by atoms with Gasteiger partial charge >= 0.3 is 0 Å². The van der Waals surface area contributed by atoms with Gasteiger partial charge in [0.25, 0.3) is 0 Å². The smallest absolute Gasteiger partial charge is 0.235 e. The fourth-order valence-electron chi connectivity index (χ4n) is 10.5. The van der Waals surface area contributed by atoms with Gasteiger partial charge in [-0.15, -0.1) is 0 Å². The zero-order valence-corrected chi connectivity index (χ0v) is 30.7. The number of rotatable bonds is 2. The molecule has 9 aromatic carbocycles. The molecule has 4 aromatic heterocycles. The molecule has 13 aromatic rings. The van der Waals surface area contributed by atoms with Crippen LogP contribution >= 0.6 is 0 Å². The van der Waals surface area contributed by atoms with Crippen molar-refractivity contribution in [2.45, 2.75) is 6.42 Å². The Morgan fingerprint density at radius 1 is 0.404 bits per heavy atom. The molecular weight excluding hydrogens is 693 g/mol. The van der Waals surface area contributed by atoms with Gasteiger partial charge in [-0.25, -0.2) is 9.97 Å². The second-order valence-electron chi connectivity index (χ2n) is 15.7. The molecule has 1 aliphatic carbocycles. The first-order chi connectivity index (χ1) is 28.3. The molecule has 4 nitrogen and oxygen atoms in total. The summed E-state index contributed by atoms with van der Waals surface area (Å²) in [7, 11) is 0. The summed E-state index contributed by atoms with van der Waals surface area (Å²) in [5.41, 5.74) is 14.3. The Morgan fingerprint density at radius 3 is 2.04 bits per heavy atom. The molecule has 0 aliphatic heterocycles. The predicted molar refractivity (Wildman–Crippen MR) is 237 cm³/mol. The molecule has 0 spiro atoms. The van der Waals surface area contributed by atoms with E-state index in [0.717, 1.165) is 39.6 Å². The molecule has 57 heavy (non-hydrogen) atoms. The Morgan fingerprint density at radius 2 is 1.11 bits per heavy atom. The first kappa shape index (κ1) is 29.8. The van der Waals surface area contributed by atoms with Crippen molar-refractivity contribution in [3.8, 4) is 28.3 Å². The number of benzene rings is 9. The summed E-state index contributed by atoms with van der Waals surface area (Å²) < 4.78 is 4.90. The van der Waals surface area contributed by atoms with E-state index in [9.17, 15) is 0 Å². The van der Waals surface area contributed by atoms with Gasteiger partial charge in [-0.3, -0.25) is 4.57 Å². The Kier molecular flexibility index (Phi) is 5.53. The topological polar surface area (TPSA) is 35.1 Å². The maximum atomic E-state index is 5.65. The molecule has 262 valence electrons. The Balaban J connectivity index is 1.19. The van der Waals surface area contributed by atoms with E-state index in [2.05, 4.69) is 179 Å². The van der Waals surface area contributed by atoms with Gasteiger partial charge in [-0.2, -0.15) is 0 Å². The molecule has 0 radical (unpaired) electrons. The average molecular weight is 723 g/mol. The quantitative estimate of drug-likeness (QED) is 0.178. The molecular formula is C53H30N4. The van der Waals surface area contributed by atoms with Crippen LogP contribution < -0.4 is 0 Å². The third-order valence-corrected chi connectivity index (χ3v) is 12.8. The second-order valence-corrected chi connectivity index (χ2v) is 15.7. The van der Waals surface area contributed by atoms with Gasteiger partial charge in [-0.05, 0) is 69.1 Å². The lowest BCUT2D eigenvalue weighted by Gasteiger charge is -2.14. The summed E-state index contributed by atoms with van der Waals surface area (Å²) in [6.45, 7) is 0. The van der Waals surface area contributed by atoms with E-state index in [0.29, 0.717) is 5.95 Å². The first-order valence-corrected chi connectivity index (χ1v) is 19.7. The number of aromatic nitrogens is 4. The van der Waals surface area contributed by atoms with E-state index in [-0.39, 0.29) is 0 Å². The lowest BCUT2D eigenvalue weighted by atomic mass is 9.96. The molecule has 1 aliphatic rings. The van der Waals surface area contributed by atoms with Crippen molar-refractivity contribution in [1.82, 2.24) is 18.9 Å². The summed E-state index contributed by atoms with van der Waals surface area (Å²) in [5, 5.41) is 13.4. The lowest BCUT2D eigenvalue weighted by molar-refractivity contribution is 1.02. The third kappa shape index (κ3) is 3.73. The largest absolute Gasteiger partial charge is 0.307 e. The van der Waals surface area contributed by atoms with E-state index in [1.165, 1.54) is 92.7 Å². The van der Waals surface area contributed by atoms with Gasteiger partial charge in [0.1, 0.15) is 0 Å². The van der Waals surface area contributed by atoms with Gasteiger partial charge in [0, 0.05) is 48.7 Å². The monoisotopic (exact) mass is 722 g/mol. The first-order valence-electron chi connectivity index (χ1n) is 19.7. The van der Waals surface area contributed by atoms with Crippen LogP contribution in [0.15, 0.2) is 170 Å². The van der Waals surface area contributed by atoms with E-state index < -0.39 is 0 Å². The second kappa shape index (κ2) is 10.6. The van der Waals surface area contributed by atoms with Crippen molar-refractivity contribution in [3.63, 3.8) is 0 Å². The van der Waals surface area contributed by atoms with Crippen LogP contribution in [0.3, 0.4) is 0 Å². The molecule has 0 saturated heterocycles. The molecule has 0 bridgehead atoms. The standard InChI is InChI=1S/C53H30N4/c1-4-15-36-30(12-1)25-27-45-46(36)47-38-17-5-6-18-40(38)51-48(42-21-11-20-39-37-16-8-10-23-44(37)56(51)50(39)42)52(47)57(45)53-54-43-22-9-7-19-41(43)49(55-53)32-24-26-35-33(29-32)28-31-13-2-3-14-34(31)35/h1-27,29H,28H2. The van der Waals surface area contributed by atoms with Gasteiger partial charge < -0.3 is 4.40 Å². The minimum atomic E-state index is 0.675. The minimum Gasteiger partial charge on any atom is -0.307 e. The summed E-state index contributed by atoms with van der Waals surface area (Å²) >= 11 is 0. The van der Waals surface area contributed by atoms with Gasteiger partial charge in [0.2, 0.25) is 5.95 Å². The maximum absolute atomic E-state index is 5.65. The number of nitrogens with zero attached hydrogens (tertiary/aromatic N) is 4. The number of hydrogen-bond acceptors (Lipinski definition) is 2. The highest BCUT2D eigenvalue weighted by Crippen LogP contribution is 2.50. The summed E-state index contributed by atoms with van der Waals surface area (Å²) in [4.78, 5) is 11.1. The normalized spacial score (nSPS) is 12.8. The average Bonchev–Trinajstić information content (AvgIpc) is 4.02. The maximum Gasteiger partial charge on any atom is 0.235 e. The summed E-state index contributed by atoms with van der Waals surface area (Å²) in [6, 6.07) is 62.2. The molecule has 0 N–H and O–H groups in total. The number of fused-ring (bicyclic) bond motifs is 19. The molecule has 0 saturated carbocycles. The van der Waals surface area contributed by atoms with Gasteiger partial charge in [0.15, 0.2) is 0 Å². The number of para-hydroxylation sites is 3. The van der Waals surface area contributed by atoms with Crippen molar-refractivity contribution >= 4 is 92.3 Å². The van der Waals surface area contributed by atoms with Crippen LogP contribution in [0.1, 0.15) is 11.1 Å². The molecule has 0 unspecified atom stereocenters. The minimum absolute atomic E-state index is 0.675. The highest BCUT2D eigenvalue weighted by atomic mass is 15.2. The van der Waals surface area contributed by atoms with E-state index >= 15 is 0 Å². The van der Waals surface area contributed by atoms with Gasteiger partial charge in [0.05, 0.1) is 38.8 Å². The fraction of sp³-hybridized carbons (Fsp3) is 0.0189. The van der Waals surface area contributed by atoms with Crippen LogP contribution in [0.25, 0.3) is 121 Å². The van der Waals surface area contributed by atoms with Crippen LogP contribution in [-0.2, 0) is 6.42 Å². The van der Waals surface area contributed by atoms with Crippen molar-refractivity contribution in [1.29, 1.82) is 0 Å². The fourth-order valence-corrected chi connectivity index (χ4v) is 10.5. The van der Waals surface area contributed by atoms with E-state index in [1.54, 1.807) is 0 Å². The Bertz CT molecular complexity index is 3900. The Labute approximate surface area is 325 Å². The molecule has 0 amide bonds. The molecule has 14 rings (SSSR count). The van der Waals surface area contributed by atoms with Crippen molar-refractivity contribution < 1.29 is 0 Å². The third-order valence-electron chi connectivity index (χ3n) is 12.8.